The molecule has 0 radical (unpaired) electrons. The molecule has 0 bridgehead atoms. The summed E-state index contributed by atoms with van der Waals surface area (Å²) in [6.07, 6.45) is 2.31. The summed E-state index contributed by atoms with van der Waals surface area (Å²) >= 11 is 1.92. The zero-order valence-corrected chi connectivity index (χ0v) is 12.5. The fourth-order valence-corrected chi connectivity index (χ4v) is 3.60. The van der Waals surface area contributed by atoms with E-state index in [2.05, 4.69) is 10.2 Å². The molecule has 1 saturated heterocycles. The summed E-state index contributed by atoms with van der Waals surface area (Å²) in [6, 6.07) is 0. The van der Waals surface area contributed by atoms with Crippen LogP contribution in [0.3, 0.4) is 0 Å². The predicted molar refractivity (Wildman–Crippen MR) is 80.5 cm³/mol. The average molecular weight is 279 g/mol. The second kappa shape index (κ2) is 5.54. The number of nitrogens with one attached hydrogen (secondary N) is 1. The van der Waals surface area contributed by atoms with E-state index >= 15 is 0 Å². The number of anilines is 2. The van der Waals surface area contributed by atoms with Gasteiger partial charge in [0, 0.05) is 40.3 Å². The lowest BCUT2D eigenvalue weighted by molar-refractivity contribution is 0.579. The van der Waals surface area contributed by atoms with E-state index in [-0.39, 0.29) is 0 Å². The van der Waals surface area contributed by atoms with Gasteiger partial charge in [0.25, 0.3) is 0 Å². The second-order valence-electron chi connectivity index (χ2n) is 5.21. The molecule has 0 saturated carbocycles. The first kappa shape index (κ1) is 13.0. The quantitative estimate of drug-likeness (QED) is 0.871. The Morgan fingerprint density at radius 3 is 2.74 bits per heavy atom. The molecule has 3 rings (SSSR count). The fourth-order valence-electron chi connectivity index (χ4n) is 2.49. The molecule has 0 atom stereocenters. The molecule has 0 aromatic carbocycles. The number of aromatic nitrogens is 2. The van der Waals surface area contributed by atoms with Gasteiger partial charge in [-0.25, -0.2) is 4.98 Å². The van der Waals surface area contributed by atoms with Crippen molar-refractivity contribution in [3.63, 3.8) is 0 Å². The van der Waals surface area contributed by atoms with Gasteiger partial charge in [-0.15, -0.1) is 11.8 Å². The maximum atomic E-state index is 4.80. The van der Waals surface area contributed by atoms with Crippen LogP contribution in [0.2, 0.25) is 0 Å². The van der Waals surface area contributed by atoms with Crippen LogP contribution in [-0.4, -0.2) is 56.0 Å². The minimum absolute atomic E-state index is 0.842. The maximum Gasteiger partial charge on any atom is 0.227 e. The van der Waals surface area contributed by atoms with Crippen LogP contribution in [0.5, 0.6) is 0 Å². The van der Waals surface area contributed by atoms with Crippen molar-refractivity contribution in [3.05, 3.63) is 5.69 Å². The van der Waals surface area contributed by atoms with Crippen molar-refractivity contribution in [2.24, 2.45) is 0 Å². The van der Waals surface area contributed by atoms with Gasteiger partial charge in [-0.05, 0) is 18.6 Å². The molecule has 5 nitrogen and oxygen atoms in total. The zero-order valence-electron chi connectivity index (χ0n) is 11.6. The Bertz CT molecular complexity index is 457. The van der Waals surface area contributed by atoms with Crippen molar-refractivity contribution in [2.75, 3.05) is 55.8 Å². The Labute approximate surface area is 118 Å². The van der Waals surface area contributed by atoms with Crippen molar-refractivity contribution < 1.29 is 0 Å². The van der Waals surface area contributed by atoms with Crippen molar-refractivity contribution in [1.82, 2.24) is 15.3 Å². The van der Waals surface area contributed by atoms with E-state index in [9.17, 15) is 0 Å². The highest BCUT2D eigenvalue weighted by Gasteiger charge is 2.23. The molecule has 0 unspecified atom stereocenters. The molecule has 3 heterocycles. The molecule has 0 amide bonds. The number of hydrogen-bond donors (Lipinski definition) is 1. The van der Waals surface area contributed by atoms with Gasteiger partial charge in [-0.1, -0.05) is 0 Å². The molecule has 2 aliphatic heterocycles. The standard InChI is InChI=1S/C13H21N5S/c1-17(2)13-15-10-4-3-9-19-11(10)12(16-13)18-7-5-14-6-8-18/h14H,3-9H2,1-2H3. The largest absolute Gasteiger partial charge is 0.353 e. The van der Waals surface area contributed by atoms with E-state index in [1.54, 1.807) is 0 Å². The van der Waals surface area contributed by atoms with Crippen LogP contribution in [0.25, 0.3) is 0 Å². The van der Waals surface area contributed by atoms with Gasteiger partial charge < -0.3 is 15.1 Å². The van der Waals surface area contributed by atoms with Gasteiger partial charge in [-0.3, -0.25) is 0 Å². The van der Waals surface area contributed by atoms with Crippen molar-refractivity contribution in [2.45, 2.75) is 17.7 Å². The first-order chi connectivity index (χ1) is 9.25. The molecule has 104 valence electrons. The van der Waals surface area contributed by atoms with Gasteiger partial charge in [0.05, 0.1) is 10.6 Å². The fraction of sp³-hybridized carbons (Fsp3) is 0.692. The van der Waals surface area contributed by atoms with Crippen LogP contribution in [0.4, 0.5) is 11.8 Å². The Morgan fingerprint density at radius 2 is 2.00 bits per heavy atom. The average Bonchev–Trinajstić information content (AvgIpc) is 2.47. The Balaban J connectivity index is 2.01. The van der Waals surface area contributed by atoms with Crippen molar-refractivity contribution >= 4 is 23.5 Å². The number of fused-ring (bicyclic) bond motifs is 1. The molecule has 1 fully saturated rings. The van der Waals surface area contributed by atoms with Crippen molar-refractivity contribution in [3.8, 4) is 0 Å². The number of hydrogen-bond acceptors (Lipinski definition) is 6. The number of piperazine rings is 1. The normalized spacial score (nSPS) is 19.2. The van der Waals surface area contributed by atoms with Crippen LogP contribution < -0.4 is 15.1 Å². The molecule has 1 aromatic rings. The van der Waals surface area contributed by atoms with Gasteiger partial charge in [0.2, 0.25) is 5.95 Å². The second-order valence-corrected chi connectivity index (χ2v) is 6.31. The van der Waals surface area contributed by atoms with Gasteiger partial charge in [0.1, 0.15) is 5.82 Å². The summed E-state index contributed by atoms with van der Waals surface area (Å²) in [6.45, 7) is 4.16. The van der Waals surface area contributed by atoms with Gasteiger partial charge in [0.15, 0.2) is 0 Å². The third kappa shape index (κ3) is 2.65. The molecule has 1 N–H and O–H groups in total. The first-order valence-corrected chi connectivity index (χ1v) is 7.91. The number of rotatable bonds is 2. The van der Waals surface area contributed by atoms with Crippen molar-refractivity contribution in [1.29, 1.82) is 0 Å². The monoisotopic (exact) mass is 279 g/mol. The summed E-state index contributed by atoms with van der Waals surface area (Å²) in [4.78, 5) is 15.2. The van der Waals surface area contributed by atoms with E-state index in [1.165, 1.54) is 22.8 Å². The van der Waals surface area contributed by atoms with E-state index < -0.39 is 0 Å². The van der Waals surface area contributed by atoms with Crippen LogP contribution in [0.15, 0.2) is 4.90 Å². The molecule has 0 spiro atoms. The topological polar surface area (TPSA) is 44.3 Å². The number of aryl methyl sites for hydroxylation is 1. The lowest BCUT2D eigenvalue weighted by atomic mass is 10.2. The highest BCUT2D eigenvalue weighted by molar-refractivity contribution is 7.99. The Kier molecular flexibility index (Phi) is 3.79. The third-order valence-corrected chi connectivity index (χ3v) is 4.73. The number of nitrogens with zero attached hydrogens (tertiary/aromatic N) is 4. The van der Waals surface area contributed by atoms with Crippen LogP contribution in [-0.2, 0) is 6.42 Å². The summed E-state index contributed by atoms with van der Waals surface area (Å²) in [5.74, 6) is 3.19. The lowest BCUT2D eigenvalue weighted by Crippen LogP contribution is -2.44. The van der Waals surface area contributed by atoms with E-state index in [4.69, 9.17) is 9.97 Å². The van der Waals surface area contributed by atoms with Crippen LogP contribution >= 0.6 is 11.8 Å². The molecule has 6 heteroatoms. The third-order valence-electron chi connectivity index (χ3n) is 3.53. The minimum atomic E-state index is 0.842. The molecule has 0 aliphatic carbocycles. The molecule has 1 aromatic heterocycles. The van der Waals surface area contributed by atoms with E-state index in [0.29, 0.717) is 0 Å². The summed E-state index contributed by atoms with van der Waals surface area (Å²) < 4.78 is 0. The van der Waals surface area contributed by atoms with Gasteiger partial charge in [-0.2, -0.15) is 4.98 Å². The first-order valence-electron chi connectivity index (χ1n) is 6.92. The van der Waals surface area contributed by atoms with Gasteiger partial charge >= 0.3 is 0 Å². The Morgan fingerprint density at radius 1 is 1.21 bits per heavy atom. The highest BCUT2D eigenvalue weighted by Crippen LogP contribution is 2.37. The highest BCUT2D eigenvalue weighted by atomic mass is 32.2. The molecule has 2 aliphatic rings. The summed E-state index contributed by atoms with van der Waals surface area (Å²) in [5, 5.41) is 3.40. The van der Waals surface area contributed by atoms with E-state index in [0.717, 1.165) is 44.4 Å². The van der Waals surface area contributed by atoms with Crippen LogP contribution in [0.1, 0.15) is 12.1 Å². The zero-order chi connectivity index (χ0) is 13.2. The Hall–Kier alpha value is -1.01. The lowest BCUT2D eigenvalue weighted by Gasteiger charge is -2.32. The summed E-state index contributed by atoms with van der Waals surface area (Å²) in [7, 11) is 4.03. The predicted octanol–water partition coefficient (Wildman–Crippen LogP) is 0.990. The van der Waals surface area contributed by atoms with Crippen LogP contribution in [0, 0.1) is 0 Å². The number of thioether (sulfide) groups is 1. The summed E-state index contributed by atoms with van der Waals surface area (Å²) in [5.41, 5.74) is 1.24. The smallest absolute Gasteiger partial charge is 0.227 e. The van der Waals surface area contributed by atoms with E-state index in [1.807, 2.05) is 30.8 Å². The molecular formula is C13H21N5S. The molecule has 19 heavy (non-hydrogen) atoms. The minimum Gasteiger partial charge on any atom is -0.353 e. The molecular weight excluding hydrogens is 258 g/mol. The SMILES string of the molecule is CN(C)c1nc2c(c(N3CCNCC3)n1)SCCC2. The maximum absolute atomic E-state index is 4.80.